The molecule has 1 aliphatic heterocycles. The number of halogens is 1. The Morgan fingerprint density at radius 3 is 3.00 bits per heavy atom. The molecule has 2 aromatic rings. The molecule has 138 valence electrons. The fourth-order valence-corrected chi connectivity index (χ4v) is 3.75. The Bertz CT molecular complexity index is 750. The van der Waals surface area contributed by atoms with E-state index in [2.05, 4.69) is 23.3 Å². The molecule has 2 heterocycles. The number of nitrogens with zero attached hydrogens (tertiary/aromatic N) is 2. The lowest BCUT2D eigenvalue weighted by molar-refractivity contribution is 0.0602. The standard InChI is InChI=1S/C21H26ClN3O/c1-2-19-8-3-4-13-25(19)21(26)20-15-18(10-12-24-20)23-11-9-16-6-5-7-17(22)14-16/h5-7,10,12,14-15,19H,2-4,8-9,11,13H2,1H3,(H,23,24). The molecule has 1 unspecified atom stereocenters. The van der Waals surface area contributed by atoms with E-state index in [1.807, 2.05) is 35.2 Å². The average molecular weight is 372 g/mol. The second-order valence-corrected chi connectivity index (χ2v) is 7.23. The van der Waals surface area contributed by atoms with Crippen molar-refractivity contribution >= 4 is 23.2 Å². The predicted octanol–water partition coefficient (Wildman–Crippen LogP) is 4.79. The predicted molar refractivity (Wildman–Crippen MR) is 107 cm³/mol. The highest BCUT2D eigenvalue weighted by Crippen LogP contribution is 2.22. The zero-order chi connectivity index (χ0) is 18.4. The van der Waals surface area contributed by atoms with Crippen molar-refractivity contribution in [2.45, 2.75) is 45.1 Å². The first kappa shape index (κ1) is 18.7. The number of rotatable bonds is 6. The Labute approximate surface area is 160 Å². The van der Waals surface area contributed by atoms with E-state index in [0.29, 0.717) is 11.7 Å². The van der Waals surface area contributed by atoms with Gasteiger partial charge in [0.25, 0.3) is 5.91 Å². The van der Waals surface area contributed by atoms with Crippen LogP contribution in [-0.2, 0) is 6.42 Å². The molecular weight excluding hydrogens is 346 g/mol. The van der Waals surface area contributed by atoms with Crippen LogP contribution in [0.25, 0.3) is 0 Å². The van der Waals surface area contributed by atoms with Crippen LogP contribution in [0.5, 0.6) is 0 Å². The summed E-state index contributed by atoms with van der Waals surface area (Å²) in [7, 11) is 0. The first-order chi connectivity index (χ1) is 12.7. The number of hydrogen-bond acceptors (Lipinski definition) is 3. The van der Waals surface area contributed by atoms with Crippen molar-refractivity contribution in [1.82, 2.24) is 9.88 Å². The average Bonchev–Trinajstić information content (AvgIpc) is 2.68. The lowest BCUT2D eigenvalue weighted by Crippen LogP contribution is -2.43. The van der Waals surface area contributed by atoms with E-state index < -0.39 is 0 Å². The van der Waals surface area contributed by atoms with Gasteiger partial charge in [0.2, 0.25) is 0 Å². The maximum Gasteiger partial charge on any atom is 0.272 e. The third-order valence-corrected chi connectivity index (χ3v) is 5.21. The fraction of sp³-hybridized carbons (Fsp3) is 0.429. The van der Waals surface area contributed by atoms with Gasteiger partial charge in [-0.05, 0) is 61.9 Å². The Hall–Kier alpha value is -2.07. The van der Waals surface area contributed by atoms with Crippen LogP contribution in [0.4, 0.5) is 5.69 Å². The molecule has 0 bridgehead atoms. The van der Waals surface area contributed by atoms with Crippen LogP contribution in [0, 0.1) is 0 Å². The summed E-state index contributed by atoms with van der Waals surface area (Å²) in [6.45, 7) is 3.77. The summed E-state index contributed by atoms with van der Waals surface area (Å²) in [5, 5.41) is 4.14. The van der Waals surface area contributed by atoms with Gasteiger partial charge in [0.1, 0.15) is 5.69 Å². The topological polar surface area (TPSA) is 45.2 Å². The van der Waals surface area contributed by atoms with Gasteiger partial charge in [0.05, 0.1) is 0 Å². The van der Waals surface area contributed by atoms with E-state index in [9.17, 15) is 4.79 Å². The van der Waals surface area contributed by atoms with Crippen molar-refractivity contribution < 1.29 is 4.79 Å². The van der Waals surface area contributed by atoms with Gasteiger partial charge in [0, 0.05) is 36.0 Å². The Morgan fingerprint density at radius 1 is 1.31 bits per heavy atom. The van der Waals surface area contributed by atoms with Gasteiger partial charge >= 0.3 is 0 Å². The number of anilines is 1. The molecule has 1 N–H and O–H groups in total. The summed E-state index contributed by atoms with van der Waals surface area (Å²) in [5.74, 6) is 0.0510. The quantitative estimate of drug-likeness (QED) is 0.793. The summed E-state index contributed by atoms with van der Waals surface area (Å²) < 4.78 is 0. The first-order valence-corrected chi connectivity index (χ1v) is 9.80. The Kier molecular flexibility index (Phi) is 6.51. The number of carbonyl (C=O) groups is 1. The number of pyridine rings is 1. The zero-order valence-electron chi connectivity index (χ0n) is 15.2. The molecule has 1 atom stereocenters. The highest BCUT2D eigenvalue weighted by atomic mass is 35.5. The maximum atomic E-state index is 12.9. The zero-order valence-corrected chi connectivity index (χ0v) is 16.0. The third-order valence-electron chi connectivity index (χ3n) is 4.97. The molecule has 5 heteroatoms. The molecule has 1 aromatic carbocycles. The van der Waals surface area contributed by atoms with Crippen LogP contribution in [0.15, 0.2) is 42.6 Å². The van der Waals surface area contributed by atoms with Crippen LogP contribution in [-0.4, -0.2) is 34.9 Å². The number of hydrogen-bond donors (Lipinski definition) is 1. The van der Waals surface area contributed by atoms with Crippen LogP contribution in [0.3, 0.4) is 0 Å². The maximum absolute atomic E-state index is 12.9. The fourth-order valence-electron chi connectivity index (χ4n) is 3.54. The molecule has 3 rings (SSSR count). The molecule has 26 heavy (non-hydrogen) atoms. The van der Waals surface area contributed by atoms with Crippen molar-refractivity contribution in [3.8, 4) is 0 Å². The monoisotopic (exact) mass is 371 g/mol. The molecule has 0 spiro atoms. The number of benzene rings is 1. The molecule has 0 aliphatic carbocycles. The van der Waals surface area contributed by atoms with Crippen molar-refractivity contribution in [3.63, 3.8) is 0 Å². The minimum atomic E-state index is 0.0510. The number of piperidine rings is 1. The summed E-state index contributed by atoms with van der Waals surface area (Å²) in [4.78, 5) is 19.2. The molecule has 1 saturated heterocycles. The molecule has 1 aliphatic rings. The summed E-state index contributed by atoms with van der Waals surface area (Å²) in [5.41, 5.74) is 2.64. The number of carbonyl (C=O) groups excluding carboxylic acids is 1. The molecule has 1 aromatic heterocycles. The number of likely N-dealkylation sites (tertiary alicyclic amines) is 1. The largest absolute Gasteiger partial charge is 0.385 e. The molecule has 1 fully saturated rings. The smallest absolute Gasteiger partial charge is 0.272 e. The van der Waals surface area contributed by atoms with Crippen LogP contribution < -0.4 is 5.32 Å². The van der Waals surface area contributed by atoms with E-state index in [1.165, 1.54) is 12.0 Å². The Morgan fingerprint density at radius 2 is 2.19 bits per heavy atom. The van der Waals surface area contributed by atoms with Gasteiger partial charge in [-0.25, -0.2) is 0 Å². The van der Waals surface area contributed by atoms with Crippen LogP contribution >= 0.6 is 11.6 Å². The van der Waals surface area contributed by atoms with E-state index in [1.54, 1.807) is 6.20 Å². The van der Waals surface area contributed by atoms with Crippen LogP contribution in [0.1, 0.15) is 48.7 Å². The van der Waals surface area contributed by atoms with Crippen molar-refractivity contribution in [1.29, 1.82) is 0 Å². The van der Waals surface area contributed by atoms with E-state index in [4.69, 9.17) is 11.6 Å². The minimum Gasteiger partial charge on any atom is -0.385 e. The van der Waals surface area contributed by atoms with Gasteiger partial charge in [-0.1, -0.05) is 30.7 Å². The normalized spacial score (nSPS) is 17.2. The molecule has 4 nitrogen and oxygen atoms in total. The summed E-state index contributed by atoms with van der Waals surface area (Å²) >= 11 is 6.02. The molecule has 1 amide bonds. The van der Waals surface area contributed by atoms with Gasteiger partial charge in [-0.3, -0.25) is 9.78 Å². The third kappa shape index (κ3) is 4.76. The van der Waals surface area contributed by atoms with E-state index >= 15 is 0 Å². The van der Waals surface area contributed by atoms with E-state index in [-0.39, 0.29) is 5.91 Å². The SMILES string of the molecule is CCC1CCCCN1C(=O)c1cc(NCCc2cccc(Cl)c2)ccn1. The summed E-state index contributed by atoms with van der Waals surface area (Å²) in [6.07, 6.45) is 6.97. The first-order valence-electron chi connectivity index (χ1n) is 9.42. The van der Waals surface area contributed by atoms with Gasteiger partial charge in [0.15, 0.2) is 0 Å². The highest BCUT2D eigenvalue weighted by molar-refractivity contribution is 6.30. The van der Waals surface area contributed by atoms with Gasteiger partial charge in [-0.15, -0.1) is 0 Å². The van der Waals surface area contributed by atoms with Gasteiger partial charge < -0.3 is 10.2 Å². The van der Waals surface area contributed by atoms with Gasteiger partial charge in [-0.2, -0.15) is 0 Å². The number of aromatic nitrogens is 1. The van der Waals surface area contributed by atoms with Crippen molar-refractivity contribution in [3.05, 3.63) is 58.9 Å². The lowest BCUT2D eigenvalue weighted by atomic mass is 9.99. The lowest BCUT2D eigenvalue weighted by Gasteiger charge is -2.35. The highest BCUT2D eigenvalue weighted by Gasteiger charge is 2.26. The van der Waals surface area contributed by atoms with Crippen molar-refractivity contribution in [2.75, 3.05) is 18.4 Å². The number of nitrogens with one attached hydrogen (secondary N) is 1. The second kappa shape index (κ2) is 9.04. The van der Waals surface area contributed by atoms with Crippen LogP contribution in [0.2, 0.25) is 5.02 Å². The molecule has 0 radical (unpaired) electrons. The minimum absolute atomic E-state index is 0.0510. The molecular formula is C21H26ClN3O. The summed E-state index contributed by atoms with van der Waals surface area (Å²) in [6, 6.07) is 12.0. The number of amides is 1. The van der Waals surface area contributed by atoms with Crippen molar-refractivity contribution in [2.24, 2.45) is 0 Å². The Balaban J connectivity index is 1.61. The van der Waals surface area contributed by atoms with E-state index in [0.717, 1.165) is 49.5 Å². The second-order valence-electron chi connectivity index (χ2n) is 6.79. The molecule has 0 saturated carbocycles.